The number of hydrogen-bond donors (Lipinski definition) is 1. The fourth-order valence-corrected chi connectivity index (χ4v) is 4.08. The minimum absolute atomic E-state index is 0.248. The molecular weight excluding hydrogens is 417 g/mol. The maximum Gasteiger partial charge on any atom is 0.417 e. The first kappa shape index (κ1) is 22.2. The number of nitrogens with one attached hydrogen (secondary N) is 1. The van der Waals surface area contributed by atoms with Crippen LogP contribution in [0.3, 0.4) is 0 Å². The maximum absolute atomic E-state index is 13.2. The van der Waals surface area contributed by atoms with Gasteiger partial charge in [0.15, 0.2) is 0 Å². The van der Waals surface area contributed by atoms with Gasteiger partial charge in [0.2, 0.25) is 15.9 Å². The fourth-order valence-electron chi connectivity index (χ4n) is 2.59. The molecule has 0 aliphatic carbocycles. The van der Waals surface area contributed by atoms with Gasteiger partial charge >= 0.3 is 6.18 Å². The van der Waals surface area contributed by atoms with Crippen molar-refractivity contribution in [2.24, 2.45) is 0 Å². The molecule has 0 spiro atoms. The van der Waals surface area contributed by atoms with Crippen LogP contribution in [-0.2, 0) is 21.0 Å². The molecule has 0 aliphatic rings. The topological polar surface area (TPSA) is 66.5 Å². The van der Waals surface area contributed by atoms with E-state index in [1.54, 1.807) is 32.0 Å². The molecule has 2 aromatic rings. The van der Waals surface area contributed by atoms with Gasteiger partial charge in [-0.25, -0.2) is 8.42 Å². The van der Waals surface area contributed by atoms with Crippen molar-refractivity contribution in [3.8, 4) is 0 Å². The minimum atomic E-state index is -4.92. The summed E-state index contributed by atoms with van der Waals surface area (Å²) >= 11 is 5.58. The number of benzene rings is 2. The predicted molar refractivity (Wildman–Crippen MR) is 101 cm³/mol. The second-order valence-electron chi connectivity index (χ2n) is 6.21. The van der Waals surface area contributed by atoms with Crippen LogP contribution in [0.4, 0.5) is 18.9 Å². The number of aryl methyl sites for hydroxylation is 2. The van der Waals surface area contributed by atoms with Gasteiger partial charge in [-0.3, -0.25) is 4.79 Å². The molecular formula is C18H18ClF3N2O3S. The van der Waals surface area contributed by atoms with E-state index in [1.807, 2.05) is 0 Å². The Morgan fingerprint density at radius 1 is 1.14 bits per heavy atom. The molecule has 0 heterocycles. The van der Waals surface area contributed by atoms with Gasteiger partial charge in [0.05, 0.1) is 17.0 Å². The number of carbonyl (C=O) groups excluding carboxylic acids is 1. The molecule has 28 heavy (non-hydrogen) atoms. The number of alkyl halides is 3. The Balaban J connectivity index is 2.29. The van der Waals surface area contributed by atoms with E-state index in [1.165, 1.54) is 0 Å². The van der Waals surface area contributed by atoms with Crippen LogP contribution in [0.25, 0.3) is 0 Å². The second kappa shape index (κ2) is 8.10. The largest absolute Gasteiger partial charge is 0.417 e. The number of sulfonamides is 1. The highest BCUT2D eigenvalue weighted by Gasteiger charge is 2.39. The molecule has 1 N–H and O–H groups in total. The molecule has 0 fully saturated rings. The molecule has 0 aromatic heterocycles. The van der Waals surface area contributed by atoms with Gasteiger partial charge in [0, 0.05) is 17.8 Å². The summed E-state index contributed by atoms with van der Waals surface area (Å²) in [5.74, 6) is -0.675. The zero-order valence-electron chi connectivity index (χ0n) is 15.3. The number of hydrogen-bond acceptors (Lipinski definition) is 3. The highest BCUT2D eigenvalue weighted by atomic mass is 35.5. The number of amides is 1. The van der Waals surface area contributed by atoms with Crippen LogP contribution in [-0.4, -0.2) is 32.2 Å². The van der Waals surface area contributed by atoms with Crippen LogP contribution in [0.5, 0.6) is 0 Å². The molecule has 2 aromatic carbocycles. The molecule has 0 saturated heterocycles. The third-order valence-corrected chi connectivity index (χ3v) is 6.14. The second-order valence-corrected chi connectivity index (χ2v) is 8.66. The highest BCUT2D eigenvalue weighted by molar-refractivity contribution is 7.89. The number of rotatable bonds is 5. The van der Waals surface area contributed by atoms with E-state index in [2.05, 4.69) is 5.32 Å². The van der Waals surface area contributed by atoms with Crippen molar-refractivity contribution in [3.05, 3.63) is 58.1 Å². The first-order chi connectivity index (χ1) is 12.8. The lowest BCUT2D eigenvalue weighted by molar-refractivity contribution is -0.139. The van der Waals surface area contributed by atoms with Crippen LogP contribution < -0.4 is 5.32 Å². The van der Waals surface area contributed by atoms with E-state index in [-0.39, 0.29) is 5.02 Å². The molecule has 2 rings (SSSR count). The van der Waals surface area contributed by atoms with Crippen LogP contribution in [0.15, 0.2) is 41.3 Å². The molecule has 0 unspecified atom stereocenters. The van der Waals surface area contributed by atoms with E-state index < -0.39 is 39.1 Å². The van der Waals surface area contributed by atoms with E-state index in [9.17, 15) is 26.4 Å². The summed E-state index contributed by atoms with van der Waals surface area (Å²) in [6.07, 6.45) is -4.92. The van der Waals surface area contributed by atoms with Gasteiger partial charge in [-0.05, 0) is 43.2 Å². The van der Waals surface area contributed by atoms with Crippen molar-refractivity contribution < 1.29 is 26.4 Å². The van der Waals surface area contributed by atoms with Crippen LogP contribution >= 0.6 is 11.6 Å². The van der Waals surface area contributed by atoms with E-state index >= 15 is 0 Å². The number of anilines is 1. The normalized spacial score (nSPS) is 12.3. The molecule has 1 amide bonds. The Bertz CT molecular complexity index is 987. The van der Waals surface area contributed by atoms with Crippen molar-refractivity contribution in [2.45, 2.75) is 24.9 Å². The average molecular weight is 435 g/mol. The first-order valence-corrected chi connectivity index (χ1v) is 9.85. The Morgan fingerprint density at radius 2 is 1.71 bits per heavy atom. The Labute approximate surface area is 166 Å². The van der Waals surface area contributed by atoms with Gasteiger partial charge in [-0.15, -0.1) is 0 Å². The van der Waals surface area contributed by atoms with Crippen molar-refractivity contribution in [1.29, 1.82) is 0 Å². The zero-order valence-corrected chi connectivity index (χ0v) is 16.8. The molecule has 0 bridgehead atoms. The first-order valence-electron chi connectivity index (χ1n) is 8.03. The fraction of sp³-hybridized carbons (Fsp3) is 0.278. The predicted octanol–water partition coefficient (Wildman–Crippen LogP) is 4.23. The quantitative estimate of drug-likeness (QED) is 0.765. The van der Waals surface area contributed by atoms with Crippen LogP contribution in [0, 0.1) is 13.8 Å². The number of para-hydroxylation sites is 1. The van der Waals surface area contributed by atoms with Gasteiger partial charge in [-0.1, -0.05) is 29.8 Å². The summed E-state index contributed by atoms with van der Waals surface area (Å²) in [6.45, 7) is 2.88. The Morgan fingerprint density at radius 3 is 2.25 bits per heavy atom. The average Bonchev–Trinajstić information content (AvgIpc) is 2.57. The lowest BCUT2D eigenvalue weighted by Crippen LogP contribution is -2.36. The highest BCUT2D eigenvalue weighted by Crippen LogP contribution is 2.36. The smallest absolute Gasteiger partial charge is 0.324 e. The van der Waals surface area contributed by atoms with Crippen molar-refractivity contribution in [2.75, 3.05) is 18.9 Å². The molecule has 0 aliphatic heterocycles. The zero-order chi connectivity index (χ0) is 21.3. The molecule has 0 radical (unpaired) electrons. The SMILES string of the molecule is Cc1cccc(C)c1NC(=O)CN(C)S(=O)(=O)c1ccc(Cl)cc1C(F)(F)F. The van der Waals surface area contributed by atoms with Crippen LogP contribution in [0.1, 0.15) is 16.7 Å². The van der Waals surface area contributed by atoms with E-state index in [0.717, 1.165) is 30.3 Å². The lowest BCUT2D eigenvalue weighted by atomic mass is 10.1. The number of nitrogens with zero attached hydrogens (tertiary/aromatic N) is 1. The van der Waals surface area contributed by atoms with Crippen molar-refractivity contribution in [1.82, 2.24) is 4.31 Å². The monoisotopic (exact) mass is 434 g/mol. The standard InChI is InChI=1S/C18H18ClF3N2O3S/c1-11-5-4-6-12(2)17(11)23-16(25)10-24(3)28(26,27)15-8-7-13(19)9-14(15)18(20,21)22/h4-9H,10H2,1-3H3,(H,23,25). The Hall–Kier alpha value is -2.10. The third-order valence-electron chi connectivity index (χ3n) is 4.05. The van der Waals surface area contributed by atoms with E-state index in [0.29, 0.717) is 16.1 Å². The molecule has 5 nitrogen and oxygen atoms in total. The maximum atomic E-state index is 13.2. The van der Waals surface area contributed by atoms with Gasteiger partial charge < -0.3 is 5.32 Å². The van der Waals surface area contributed by atoms with Gasteiger partial charge in [0.1, 0.15) is 0 Å². The lowest BCUT2D eigenvalue weighted by Gasteiger charge is -2.20. The number of likely N-dealkylation sites (N-methyl/N-ethyl adjacent to an activating group) is 1. The summed E-state index contributed by atoms with van der Waals surface area (Å²) in [7, 11) is -3.55. The Kier molecular flexibility index (Phi) is 6.42. The minimum Gasteiger partial charge on any atom is -0.324 e. The molecule has 10 heteroatoms. The number of carbonyl (C=O) groups is 1. The van der Waals surface area contributed by atoms with Crippen LogP contribution in [0.2, 0.25) is 5.02 Å². The molecule has 0 atom stereocenters. The van der Waals surface area contributed by atoms with E-state index in [4.69, 9.17) is 11.6 Å². The summed E-state index contributed by atoms with van der Waals surface area (Å²) in [6, 6.07) is 7.71. The summed E-state index contributed by atoms with van der Waals surface area (Å²) in [5.41, 5.74) is 0.689. The van der Waals surface area contributed by atoms with Gasteiger partial charge in [-0.2, -0.15) is 17.5 Å². The summed E-state index contributed by atoms with van der Waals surface area (Å²) in [4.78, 5) is 11.3. The van der Waals surface area contributed by atoms with Crippen molar-refractivity contribution >= 4 is 33.2 Å². The molecule has 152 valence electrons. The molecule has 0 saturated carbocycles. The summed E-state index contributed by atoms with van der Waals surface area (Å²) in [5, 5.41) is 2.35. The number of halogens is 4. The summed E-state index contributed by atoms with van der Waals surface area (Å²) < 4.78 is 65.6. The van der Waals surface area contributed by atoms with Crippen molar-refractivity contribution in [3.63, 3.8) is 0 Å². The van der Waals surface area contributed by atoms with Gasteiger partial charge in [0.25, 0.3) is 0 Å². The third kappa shape index (κ3) is 4.84.